The molecule has 0 aromatic carbocycles. The van der Waals surface area contributed by atoms with Crippen LogP contribution in [0.4, 0.5) is 0 Å². The van der Waals surface area contributed by atoms with Crippen molar-refractivity contribution in [2.75, 3.05) is 0 Å². The van der Waals surface area contributed by atoms with E-state index in [-0.39, 0.29) is 5.16 Å². The van der Waals surface area contributed by atoms with Crippen LogP contribution in [-0.2, 0) is 0 Å². The highest BCUT2D eigenvalue weighted by Crippen LogP contribution is 2.28. The first-order valence-electron chi connectivity index (χ1n) is 1.62. The molecule has 0 amide bonds. The van der Waals surface area contributed by atoms with Gasteiger partial charge in [0.1, 0.15) is 0 Å². The maximum Gasteiger partial charge on any atom is 0.212 e. The third-order valence-corrected chi connectivity index (χ3v) is 0.738. The Kier molecular flexibility index (Phi) is 3.28. The Labute approximate surface area is 67.3 Å². The highest BCUT2D eigenvalue weighted by atomic mass is 35.6. The zero-order chi connectivity index (χ0) is 6.78. The van der Waals surface area contributed by atoms with E-state index in [0.29, 0.717) is 0 Å². The molecule has 8 heavy (non-hydrogen) atoms. The Balaban J connectivity index is 3.89. The van der Waals surface area contributed by atoms with Gasteiger partial charge in [0.15, 0.2) is 0 Å². The van der Waals surface area contributed by atoms with Gasteiger partial charge in [-0.3, -0.25) is 0 Å². The highest BCUT2D eigenvalue weighted by Gasteiger charge is 2.15. The van der Waals surface area contributed by atoms with E-state index in [9.17, 15) is 0 Å². The molecule has 0 atom stereocenters. The molecular formula is C3H3Cl4N. The predicted molar refractivity (Wildman–Crippen MR) is 38.4 cm³/mol. The molecule has 0 unspecified atom stereocenters. The molecule has 0 aliphatic rings. The lowest BCUT2D eigenvalue weighted by Crippen LogP contribution is -1.99. The van der Waals surface area contributed by atoms with Crippen molar-refractivity contribution >= 4 is 46.4 Å². The molecule has 48 valence electrons. The van der Waals surface area contributed by atoms with E-state index in [1.165, 1.54) is 0 Å². The van der Waals surface area contributed by atoms with Crippen molar-refractivity contribution in [2.45, 2.75) is 3.79 Å². The summed E-state index contributed by atoms with van der Waals surface area (Å²) in [6, 6.07) is 0. The van der Waals surface area contributed by atoms with Crippen LogP contribution in [0.2, 0.25) is 0 Å². The standard InChI is InChI=1S/C3H3Cl4N/c4-2(8)1-3(5,6)7/h1H,8H2. The lowest BCUT2D eigenvalue weighted by Gasteiger charge is -2.01. The third-order valence-electron chi connectivity index (χ3n) is 0.302. The summed E-state index contributed by atoms with van der Waals surface area (Å²) in [7, 11) is 0. The Morgan fingerprint density at radius 1 is 1.38 bits per heavy atom. The number of alkyl halides is 3. The maximum absolute atomic E-state index is 5.22. The van der Waals surface area contributed by atoms with Gasteiger partial charge in [0.25, 0.3) is 0 Å². The van der Waals surface area contributed by atoms with Crippen LogP contribution < -0.4 is 5.73 Å². The average molecular weight is 195 g/mol. The normalized spacial score (nSPS) is 14.2. The summed E-state index contributed by atoms with van der Waals surface area (Å²) in [6.07, 6.45) is 1.11. The van der Waals surface area contributed by atoms with Crippen LogP contribution in [0.1, 0.15) is 0 Å². The van der Waals surface area contributed by atoms with E-state index in [4.69, 9.17) is 52.1 Å². The van der Waals surface area contributed by atoms with Gasteiger partial charge >= 0.3 is 0 Å². The van der Waals surface area contributed by atoms with Gasteiger partial charge in [-0.05, 0) is 0 Å². The van der Waals surface area contributed by atoms with Crippen molar-refractivity contribution in [3.05, 3.63) is 11.2 Å². The summed E-state index contributed by atoms with van der Waals surface area (Å²) >= 11 is 20.8. The molecule has 0 bridgehead atoms. The first kappa shape index (κ1) is 8.70. The minimum atomic E-state index is -1.48. The number of halogens is 4. The lowest BCUT2D eigenvalue weighted by molar-refractivity contribution is 1.38. The van der Waals surface area contributed by atoms with Gasteiger partial charge in [0.2, 0.25) is 3.79 Å². The monoisotopic (exact) mass is 193 g/mol. The van der Waals surface area contributed by atoms with Crippen molar-refractivity contribution < 1.29 is 0 Å². The number of nitrogens with two attached hydrogens (primary N) is 1. The molecule has 0 aromatic rings. The predicted octanol–water partition coefficient (Wildman–Crippen LogP) is 2.40. The molecule has 0 aliphatic carbocycles. The number of hydrogen-bond acceptors (Lipinski definition) is 1. The van der Waals surface area contributed by atoms with Crippen LogP contribution in [0.5, 0.6) is 0 Å². The molecule has 2 N–H and O–H groups in total. The van der Waals surface area contributed by atoms with E-state index in [1.54, 1.807) is 0 Å². The minimum Gasteiger partial charge on any atom is -0.390 e. The molecule has 0 rings (SSSR count). The molecule has 0 saturated heterocycles. The van der Waals surface area contributed by atoms with Crippen LogP contribution in [0.15, 0.2) is 11.2 Å². The first-order chi connectivity index (χ1) is 3.42. The second-order valence-corrected chi connectivity index (χ2v) is 3.88. The second-order valence-electron chi connectivity index (χ2n) is 1.07. The fourth-order valence-corrected chi connectivity index (χ4v) is 0.840. The van der Waals surface area contributed by atoms with Crippen molar-refractivity contribution in [1.29, 1.82) is 0 Å². The van der Waals surface area contributed by atoms with Gasteiger partial charge in [-0.15, -0.1) is 0 Å². The van der Waals surface area contributed by atoms with E-state index < -0.39 is 3.79 Å². The van der Waals surface area contributed by atoms with Crippen LogP contribution >= 0.6 is 46.4 Å². The van der Waals surface area contributed by atoms with Gasteiger partial charge in [0, 0.05) is 6.08 Å². The zero-order valence-corrected chi connectivity index (χ0v) is 6.69. The summed E-state index contributed by atoms with van der Waals surface area (Å²) in [5, 5.41) is -0.0231. The Morgan fingerprint density at radius 2 is 1.75 bits per heavy atom. The molecule has 0 radical (unpaired) electrons. The van der Waals surface area contributed by atoms with E-state index >= 15 is 0 Å². The van der Waals surface area contributed by atoms with Gasteiger partial charge in [-0.1, -0.05) is 46.4 Å². The van der Waals surface area contributed by atoms with E-state index in [1.807, 2.05) is 0 Å². The summed E-state index contributed by atoms with van der Waals surface area (Å²) in [4.78, 5) is 0. The summed E-state index contributed by atoms with van der Waals surface area (Å²) in [5.74, 6) is 0. The largest absolute Gasteiger partial charge is 0.390 e. The summed E-state index contributed by atoms with van der Waals surface area (Å²) in [5.41, 5.74) is 4.95. The Hall–Kier alpha value is 0.700. The number of hydrogen-bond donors (Lipinski definition) is 1. The van der Waals surface area contributed by atoms with Gasteiger partial charge in [0.05, 0.1) is 5.16 Å². The molecule has 0 heterocycles. The van der Waals surface area contributed by atoms with E-state index in [0.717, 1.165) is 6.08 Å². The Morgan fingerprint density at radius 3 is 1.75 bits per heavy atom. The highest BCUT2D eigenvalue weighted by molar-refractivity contribution is 6.69. The fourth-order valence-electron chi connectivity index (χ4n) is 0.156. The van der Waals surface area contributed by atoms with Gasteiger partial charge in [-0.25, -0.2) is 0 Å². The lowest BCUT2D eigenvalue weighted by atomic mass is 10.7. The van der Waals surface area contributed by atoms with Crippen molar-refractivity contribution in [2.24, 2.45) is 5.73 Å². The van der Waals surface area contributed by atoms with E-state index in [2.05, 4.69) is 0 Å². The van der Waals surface area contributed by atoms with Crippen LogP contribution in [-0.4, -0.2) is 3.79 Å². The number of rotatable bonds is 0. The second kappa shape index (κ2) is 3.02. The summed E-state index contributed by atoms with van der Waals surface area (Å²) in [6.45, 7) is 0. The minimum absolute atomic E-state index is 0.0231. The topological polar surface area (TPSA) is 26.0 Å². The first-order valence-corrected chi connectivity index (χ1v) is 3.13. The molecule has 0 aliphatic heterocycles. The third kappa shape index (κ3) is 6.70. The van der Waals surface area contributed by atoms with Gasteiger partial charge < -0.3 is 5.73 Å². The van der Waals surface area contributed by atoms with Crippen molar-refractivity contribution in [3.63, 3.8) is 0 Å². The number of allylic oxidation sites excluding steroid dienone is 1. The molecular weight excluding hydrogens is 192 g/mol. The zero-order valence-electron chi connectivity index (χ0n) is 3.67. The SMILES string of the molecule is NC(Cl)=CC(Cl)(Cl)Cl. The average Bonchev–Trinajstić information content (AvgIpc) is 1.21. The molecule has 0 fully saturated rings. The van der Waals surface area contributed by atoms with Crippen molar-refractivity contribution in [3.8, 4) is 0 Å². The Bertz CT molecular complexity index is 98.3. The maximum atomic E-state index is 5.22. The van der Waals surface area contributed by atoms with Crippen LogP contribution in [0, 0.1) is 0 Å². The molecule has 0 aromatic heterocycles. The molecule has 0 spiro atoms. The van der Waals surface area contributed by atoms with Crippen LogP contribution in [0.3, 0.4) is 0 Å². The van der Waals surface area contributed by atoms with Crippen molar-refractivity contribution in [1.82, 2.24) is 0 Å². The quantitative estimate of drug-likeness (QED) is 0.465. The molecule has 0 saturated carbocycles. The summed E-state index contributed by atoms with van der Waals surface area (Å²) < 4.78 is -1.48. The molecule has 5 heteroatoms. The smallest absolute Gasteiger partial charge is 0.212 e. The van der Waals surface area contributed by atoms with Gasteiger partial charge in [-0.2, -0.15) is 0 Å². The molecule has 1 nitrogen and oxygen atoms in total. The fraction of sp³-hybridized carbons (Fsp3) is 0.333. The van der Waals surface area contributed by atoms with Crippen LogP contribution in [0.25, 0.3) is 0 Å².